The fourth-order valence-corrected chi connectivity index (χ4v) is 1.47. The molecule has 91 valence electrons. The van der Waals surface area contributed by atoms with Gasteiger partial charge in [-0.25, -0.2) is 0 Å². The molecule has 0 unspecified atom stereocenters. The van der Waals surface area contributed by atoms with Gasteiger partial charge in [0.2, 0.25) is 0 Å². The standard InChI is InChI=1S/C14H17O3/c1-16-13-9-8-12(11-14(13)17-2)7-5-3-4-6-10-15/h5,7-9,11H,3-4,6H2,1-2H3. The lowest BCUT2D eigenvalue weighted by Crippen LogP contribution is -1.90. The maximum absolute atomic E-state index is 10.0. The molecule has 3 nitrogen and oxygen atoms in total. The Morgan fingerprint density at radius 1 is 1.24 bits per heavy atom. The summed E-state index contributed by atoms with van der Waals surface area (Å²) in [6, 6.07) is 5.75. The average Bonchev–Trinajstić information content (AvgIpc) is 2.38. The number of benzene rings is 1. The third-order valence-electron chi connectivity index (χ3n) is 2.37. The predicted molar refractivity (Wildman–Crippen MR) is 68.1 cm³/mol. The quantitative estimate of drug-likeness (QED) is 0.679. The van der Waals surface area contributed by atoms with Crippen LogP contribution >= 0.6 is 0 Å². The molecule has 0 atom stereocenters. The Labute approximate surface area is 102 Å². The zero-order chi connectivity index (χ0) is 12.5. The van der Waals surface area contributed by atoms with Crippen molar-refractivity contribution in [3.8, 4) is 11.5 Å². The van der Waals surface area contributed by atoms with Crippen LogP contribution in [0.25, 0.3) is 6.08 Å². The highest BCUT2D eigenvalue weighted by molar-refractivity contribution is 5.56. The number of ether oxygens (including phenoxy) is 2. The van der Waals surface area contributed by atoms with Crippen LogP contribution in [0.4, 0.5) is 0 Å². The van der Waals surface area contributed by atoms with Gasteiger partial charge in [-0.15, -0.1) is 0 Å². The first-order valence-corrected chi connectivity index (χ1v) is 5.55. The van der Waals surface area contributed by atoms with E-state index < -0.39 is 0 Å². The zero-order valence-electron chi connectivity index (χ0n) is 10.2. The Hall–Kier alpha value is -1.77. The molecule has 0 aliphatic carbocycles. The molecule has 0 amide bonds. The molecule has 0 fully saturated rings. The van der Waals surface area contributed by atoms with Crippen molar-refractivity contribution in [3.63, 3.8) is 0 Å². The molecule has 0 bridgehead atoms. The van der Waals surface area contributed by atoms with Crippen LogP contribution in [-0.4, -0.2) is 20.5 Å². The van der Waals surface area contributed by atoms with Gasteiger partial charge in [-0.3, -0.25) is 4.79 Å². The lowest BCUT2D eigenvalue weighted by molar-refractivity contribution is 0.355. The molecule has 1 aromatic rings. The van der Waals surface area contributed by atoms with Gasteiger partial charge in [0, 0.05) is 6.42 Å². The van der Waals surface area contributed by atoms with Crippen LogP contribution in [-0.2, 0) is 4.79 Å². The summed E-state index contributed by atoms with van der Waals surface area (Å²) in [6.07, 6.45) is 8.14. The first kappa shape index (κ1) is 13.3. The van der Waals surface area contributed by atoms with Crippen molar-refractivity contribution in [2.75, 3.05) is 14.2 Å². The Kier molecular flexibility index (Phi) is 5.86. The molecule has 17 heavy (non-hydrogen) atoms. The van der Waals surface area contributed by atoms with Crippen molar-refractivity contribution < 1.29 is 14.3 Å². The molecule has 1 rings (SSSR count). The van der Waals surface area contributed by atoms with Crippen LogP contribution in [0.3, 0.4) is 0 Å². The van der Waals surface area contributed by atoms with Crippen molar-refractivity contribution in [3.05, 3.63) is 29.8 Å². The summed E-state index contributed by atoms with van der Waals surface area (Å²) >= 11 is 0. The molecule has 0 aromatic heterocycles. The second kappa shape index (κ2) is 7.49. The van der Waals surface area contributed by atoms with E-state index in [1.807, 2.05) is 36.6 Å². The van der Waals surface area contributed by atoms with Gasteiger partial charge in [0.05, 0.1) is 14.2 Å². The summed E-state index contributed by atoms with van der Waals surface area (Å²) in [5.41, 5.74) is 1.05. The number of hydrogen-bond donors (Lipinski definition) is 0. The van der Waals surface area contributed by atoms with Crippen molar-refractivity contribution in [1.29, 1.82) is 0 Å². The summed E-state index contributed by atoms with van der Waals surface area (Å²) in [4.78, 5) is 10.0. The minimum Gasteiger partial charge on any atom is -0.493 e. The van der Waals surface area contributed by atoms with E-state index in [0.29, 0.717) is 6.42 Å². The third kappa shape index (κ3) is 4.31. The maximum atomic E-state index is 10.0. The van der Waals surface area contributed by atoms with Gasteiger partial charge < -0.3 is 9.47 Å². The number of hydrogen-bond acceptors (Lipinski definition) is 3. The molecule has 0 spiro atoms. The number of unbranched alkanes of at least 4 members (excludes halogenated alkanes) is 2. The normalized spacial score (nSPS) is 10.5. The molecular weight excluding hydrogens is 216 g/mol. The molecule has 0 aliphatic heterocycles. The highest BCUT2D eigenvalue weighted by atomic mass is 16.5. The second-order valence-electron chi connectivity index (χ2n) is 3.55. The first-order valence-electron chi connectivity index (χ1n) is 5.55. The SMILES string of the molecule is COc1ccc(C=CCCC[C]=O)cc1OC. The third-order valence-corrected chi connectivity index (χ3v) is 2.37. The van der Waals surface area contributed by atoms with Crippen LogP contribution in [0.1, 0.15) is 24.8 Å². The number of methoxy groups -OCH3 is 2. The van der Waals surface area contributed by atoms with Crippen LogP contribution in [0.5, 0.6) is 11.5 Å². The van der Waals surface area contributed by atoms with Crippen LogP contribution in [0, 0.1) is 0 Å². The number of rotatable bonds is 7. The Morgan fingerprint density at radius 2 is 2.00 bits per heavy atom. The maximum Gasteiger partial charge on any atom is 0.198 e. The molecule has 0 saturated carbocycles. The van der Waals surface area contributed by atoms with Gasteiger partial charge in [0.1, 0.15) is 0 Å². The van der Waals surface area contributed by atoms with Crippen molar-refractivity contribution in [2.45, 2.75) is 19.3 Å². The van der Waals surface area contributed by atoms with Gasteiger partial charge in [-0.2, -0.15) is 0 Å². The Morgan fingerprint density at radius 3 is 2.65 bits per heavy atom. The van der Waals surface area contributed by atoms with E-state index in [1.54, 1.807) is 14.2 Å². The summed E-state index contributed by atoms with van der Waals surface area (Å²) in [7, 11) is 3.23. The summed E-state index contributed by atoms with van der Waals surface area (Å²) < 4.78 is 10.4. The molecule has 1 radical (unpaired) electrons. The lowest BCUT2D eigenvalue weighted by Gasteiger charge is -2.07. The Bertz CT molecular complexity index is 383. The monoisotopic (exact) mass is 233 g/mol. The van der Waals surface area contributed by atoms with Crippen molar-refractivity contribution >= 4 is 12.4 Å². The number of allylic oxidation sites excluding steroid dienone is 1. The highest BCUT2D eigenvalue weighted by Crippen LogP contribution is 2.27. The van der Waals surface area contributed by atoms with Gasteiger partial charge in [0.15, 0.2) is 17.8 Å². The summed E-state index contributed by atoms with van der Waals surface area (Å²) in [5, 5.41) is 0. The topological polar surface area (TPSA) is 35.5 Å². The number of carbonyl (C=O) groups excluding carboxylic acids is 1. The average molecular weight is 233 g/mol. The van der Waals surface area contributed by atoms with Crippen LogP contribution in [0.15, 0.2) is 24.3 Å². The summed E-state index contributed by atoms with van der Waals surface area (Å²) in [5.74, 6) is 1.44. The minimum atomic E-state index is 0.496. The van der Waals surface area contributed by atoms with E-state index in [9.17, 15) is 4.79 Å². The van der Waals surface area contributed by atoms with Crippen LogP contribution < -0.4 is 9.47 Å². The molecule has 0 saturated heterocycles. The molecule has 0 aliphatic rings. The second-order valence-corrected chi connectivity index (χ2v) is 3.55. The Balaban J connectivity index is 2.62. The predicted octanol–water partition coefficient (Wildman–Crippen LogP) is 3.00. The van der Waals surface area contributed by atoms with E-state index in [0.717, 1.165) is 29.9 Å². The highest BCUT2D eigenvalue weighted by Gasteiger charge is 2.02. The molecule has 0 heterocycles. The minimum absolute atomic E-state index is 0.496. The van der Waals surface area contributed by atoms with Crippen molar-refractivity contribution in [2.24, 2.45) is 0 Å². The zero-order valence-corrected chi connectivity index (χ0v) is 10.2. The fourth-order valence-electron chi connectivity index (χ4n) is 1.47. The van der Waals surface area contributed by atoms with E-state index in [2.05, 4.69) is 0 Å². The van der Waals surface area contributed by atoms with E-state index in [-0.39, 0.29) is 0 Å². The summed E-state index contributed by atoms with van der Waals surface area (Å²) in [6.45, 7) is 0. The molecule has 1 aromatic carbocycles. The molecule has 0 N–H and O–H groups in total. The van der Waals surface area contributed by atoms with Gasteiger partial charge in [-0.05, 0) is 30.5 Å². The molecule has 3 heteroatoms. The van der Waals surface area contributed by atoms with Gasteiger partial charge in [-0.1, -0.05) is 18.2 Å². The van der Waals surface area contributed by atoms with Crippen molar-refractivity contribution in [1.82, 2.24) is 0 Å². The van der Waals surface area contributed by atoms with Gasteiger partial charge >= 0.3 is 0 Å². The van der Waals surface area contributed by atoms with E-state index in [1.165, 1.54) is 0 Å². The van der Waals surface area contributed by atoms with E-state index in [4.69, 9.17) is 9.47 Å². The largest absolute Gasteiger partial charge is 0.493 e. The lowest BCUT2D eigenvalue weighted by atomic mass is 10.1. The van der Waals surface area contributed by atoms with E-state index >= 15 is 0 Å². The first-order chi connectivity index (χ1) is 8.31. The molecular formula is C14H17O3. The smallest absolute Gasteiger partial charge is 0.198 e. The van der Waals surface area contributed by atoms with Gasteiger partial charge in [0.25, 0.3) is 0 Å². The fraction of sp³-hybridized carbons (Fsp3) is 0.357. The van der Waals surface area contributed by atoms with Crippen LogP contribution in [0.2, 0.25) is 0 Å².